The summed E-state index contributed by atoms with van der Waals surface area (Å²) in [4.78, 5) is 29.3. The number of rotatable bonds is 30. The quantitative estimate of drug-likeness (QED) is 0.0617. The van der Waals surface area contributed by atoms with Crippen molar-refractivity contribution < 1.29 is 23.8 Å². The predicted octanol–water partition coefficient (Wildman–Crippen LogP) is 8.78. The Bertz CT molecular complexity index is 585. The fourth-order valence-corrected chi connectivity index (χ4v) is 5.03. The summed E-state index contributed by atoms with van der Waals surface area (Å²) in [5.74, 6) is -0.111. The van der Waals surface area contributed by atoms with Gasteiger partial charge in [0, 0.05) is 32.6 Å². The Labute approximate surface area is 254 Å². The molecule has 0 saturated carbocycles. The van der Waals surface area contributed by atoms with Crippen LogP contribution in [0.2, 0.25) is 0 Å². The number of carbonyl (C=O) groups is 2. The number of esters is 1. The van der Waals surface area contributed by atoms with Crippen LogP contribution in [-0.4, -0.2) is 80.5 Å². The van der Waals surface area contributed by atoms with Crippen LogP contribution in [0.4, 0.5) is 4.79 Å². The molecule has 0 aliphatic heterocycles. The first-order valence-corrected chi connectivity index (χ1v) is 17.4. The molecular formula is C34H68N2O5. The van der Waals surface area contributed by atoms with Crippen LogP contribution in [0, 0.1) is 0 Å². The fourth-order valence-electron chi connectivity index (χ4n) is 5.03. The van der Waals surface area contributed by atoms with Crippen molar-refractivity contribution in [3.8, 4) is 0 Å². The van der Waals surface area contributed by atoms with Crippen LogP contribution in [0.3, 0.4) is 0 Å². The summed E-state index contributed by atoms with van der Waals surface area (Å²) in [5, 5.41) is 0. The smallest absolute Gasteiger partial charge is 0.464 e. The third-order valence-electron chi connectivity index (χ3n) is 7.93. The molecule has 41 heavy (non-hydrogen) atoms. The highest BCUT2D eigenvalue weighted by Gasteiger charge is 2.16. The zero-order chi connectivity index (χ0) is 30.4. The van der Waals surface area contributed by atoms with E-state index in [0.29, 0.717) is 26.1 Å². The number of hydrogen-bond acceptors (Lipinski definition) is 7. The fraction of sp³-hybridized carbons (Fsp3) is 0.941. The van der Waals surface area contributed by atoms with Crippen LogP contribution in [0.25, 0.3) is 0 Å². The summed E-state index contributed by atoms with van der Waals surface area (Å²) >= 11 is 0. The lowest BCUT2D eigenvalue weighted by atomic mass is 10.0. The number of likely N-dealkylation sites (N-methyl/N-ethyl adjacent to an activating group) is 1. The normalized spacial score (nSPS) is 12.2. The van der Waals surface area contributed by atoms with Gasteiger partial charge in [0.05, 0.1) is 0 Å². The highest BCUT2D eigenvalue weighted by atomic mass is 16.7. The van der Waals surface area contributed by atoms with Crippen molar-refractivity contribution in [3.05, 3.63) is 0 Å². The van der Waals surface area contributed by atoms with Crippen molar-refractivity contribution in [2.45, 2.75) is 156 Å². The molecule has 0 spiro atoms. The Morgan fingerprint density at radius 3 is 1.56 bits per heavy atom. The molecule has 244 valence electrons. The second kappa shape index (κ2) is 30.1. The number of nitrogens with zero attached hydrogens (tertiary/aromatic N) is 2. The van der Waals surface area contributed by atoms with Crippen LogP contribution >= 0.6 is 0 Å². The molecule has 0 radical (unpaired) electrons. The molecule has 0 aromatic heterocycles. The molecule has 0 aromatic rings. The SMILES string of the molecule is CCCCCCCCC(CCCCCC)OC(=O)OCCN(CCOC(=O)CCCCCCC)CCN(CC)CC. The average molecular weight is 585 g/mol. The van der Waals surface area contributed by atoms with Gasteiger partial charge in [0.1, 0.15) is 19.3 Å². The van der Waals surface area contributed by atoms with E-state index in [1.54, 1.807) is 0 Å². The standard InChI is InChI=1S/C34H68N2O5/c1-6-11-14-17-19-21-24-32(23-20-16-13-8-3)41-34(38)40-31-29-36(27-26-35(9-4)10-5)28-30-39-33(37)25-22-18-15-12-7-2/h32H,6-31H2,1-5H3. The molecule has 0 rings (SSSR count). The molecule has 0 aliphatic carbocycles. The highest BCUT2D eigenvalue weighted by Crippen LogP contribution is 2.17. The molecule has 0 amide bonds. The Morgan fingerprint density at radius 1 is 0.537 bits per heavy atom. The third kappa shape index (κ3) is 26.1. The van der Waals surface area contributed by atoms with Crippen LogP contribution in [0.5, 0.6) is 0 Å². The van der Waals surface area contributed by atoms with E-state index in [0.717, 1.165) is 64.7 Å². The van der Waals surface area contributed by atoms with E-state index >= 15 is 0 Å². The molecule has 0 fully saturated rings. The first-order valence-electron chi connectivity index (χ1n) is 17.4. The van der Waals surface area contributed by atoms with E-state index in [2.05, 4.69) is 44.4 Å². The molecule has 0 aliphatic rings. The summed E-state index contributed by atoms with van der Waals surface area (Å²) in [6.45, 7) is 16.6. The molecular weight excluding hydrogens is 516 g/mol. The number of unbranched alkanes of at least 4 members (excludes halogenated alkanes) is 12. The van der Waals surface area contributed by atoms with E-state index in [1.165, 1.54) is 70.6 Å². The van der Waals surface area contributed by atoms with E-state index < -0.39 is 6.16 Å². The summed E-state index contributed by atoms with van der Waals surface area (Å²) in [5.41, 5.74) is 0. The van der Waals surface area contributed by atoms with Crippen molar-refractivity contribution in [1.82, 2.24) is 9.80 Å². The Hall–Kier alpha value is -1.34. The summed E-state index contributed by atoms with van der Waals surface area (Å²) in [6.07, 6.45) is 19.5. The van der Waals surface area contributed by atoms with Crippen LogP contribution < -0.4 is 0 Å². The van der Waals surface area contributed by atoms with Gasteiger partial charge in [-0.15, -0.1) is 0 Å². The Kier molecular flexibility index (Phi) is 29.1. The minimum atomic E-state index is -0.547. The lowest BCUT2D eigenvalue weighted by molar-refractivity contribution is -0.144. The molecule has 0 heterocycles. The van der Waals surface area contributed by atoms with Gasteiger partial charge in [0.25, 0.3) is 0 Å². The van der Waals surface area contributed by atoms with Gasteiger partial charge in [-0.05, 0) is 45.2 Å². The molecule has 0 aromatic carbocycles. The summed E-state index contributed by atoms with van der Waals surface area (Å²) < 4.78 is 16.8. The van der Waals surface area contributed by atoms with Crippen molar-refractivity contribution in [1.29, 1.82) is 0 Å². The molecule has 0 N–H and O–H groups in total. The maximum Gasteiger partial charge on any atom is 0.508 e. The molecule has 1 atom stereocenters. The van der Waals surface area contributed by atoms with E-state index in [9.17, 15) is 9.59 Å². The maximum atomic E-state index is 12.6. The van der Waals surface area contributed by atoms with Gasteiger partial charge in [-0.25, -0.2) is 4.79 Å². The minimum Gasteiger partial charge on any atom is -0.464 e. The van der Waals surface area contributed by atoms with E-state index in [-0.39, 0.29) is 18.7 Å². The van der Waals surface area contributed by atoms with Crippen LogP contribution in [-0.2, 0) is 19.0 Å². The number of hydrogen-bond donors (Lipinski definition) is 0. The zero-order valence-corrected chi connectivity index (χ0v) is 27.9. The Balaban J connectivity index is 4.60. The summed E-state index contributed by atoms with van der Waals surface area (Å²) in [6, 6.07) is 0. The second-order valence-electron chi connectivity index (χ2n) is 11.5. The highest BCUT2D eigenvalue weighted by molar-refractivity contribution is 5.69. The summed E-state index contributed by atoms with van der Waals surface area (Å²) in [7, 11) is 0. The topological polar surface area (TPSA) is 68.3 Å². The minimum absolute atomic E-state index is 0.0503. The first kappa shape index (κ1) is 39.7. The molecule has 7 nitrogen and oxygen atoms in total. The molecule has 0 saturated heterocycles. The average Bonchev–Trinajstić information content (AvgIpc) is 2.97. The third-order valence-corrected chi connectivity index (χ3v) is 7.93. The monoisotopic (exact) mass is 585 g/mol. The lowest BCUT2D eigenvalue weighted by Crippen LogP contribution is -2.39. The van der Waals surface area contributed by atoms with E-state index in [1.807, 2.05) is 0 Å². The number of carbonyl (C=O) groups excluding carboxylic acids is 2. The molecule has 1 unspecified atom stereocenters. The predicted molar refractivity (Wildman–Crippen MR) is 172 cm³/mol. The first-order chi connectivity index (χ1) is 20.0. The second-order valence-corrected chi connectivity index (χ2v) is 11.5. The van der Waals surface area contributed by atoms with Gasteiger partial charge in [0.15, 0.2) is 0 Å². The number of ether oxygens (including phenoxy) is 3. The van der Waals surface area contributed by atoms with Crippen molar-refractivity contribution in [2.24, 2.45) is 0 Å². The van der Waals surface area contributed by atoms with Crippen molar-refractivity contribution in [3.63, 3.8) is 0 Å². The largest absolute Gasteiger partial charge is 0.508 e. The van der Waals surface area contributed by atoms with Crippen molar-refractivity contribution >= 4 is 12.1 Å². The van der Waals surface area contributed by atoms with Gasteiger partial charge in [-0.3, -0.25) is 9.69 Å². The lowest BCUT2D eigenvalue weighted by Gasteiger charge is -2.26. The zero-order valence-electron chi connectivity index (χ0n) is 27.9. The van der Waals surface area contributed by atoms with Crippen molar-refractivity contribution in [2.75, 3.05) is 52.5 Å². The molecule has 0 bridgehead atoms. The van der Waals surface area contributed by atoms with Gasteiger partial charge < -0.3 is 19.1 Å². The van der Waals surface area contributed by atoms with Gasteiger partial charge in [-0.1, -0.05) is 112 Å². The van der Waals surface area contributed by atoms with Crippen LogP contribution in [0.15, 0.2) is 0 Å². The van der Waals surface area contributed by atoms with Gasteiger partial charge in [-0.2, -0.15) is 0 Å². The molecule has 7 heteroatoms. The van der Waals surface area contributed by atoms with E-state index in [4.69, 9.17) is 14.2 Å². The Morgan fingerprint density at radius 2 is 1.00 bits per heavy atom. The van der Waals surface area contributed by atoms with Gasteiger partial charge >= 0.3 is 12.1 Å². The maximum absolute atomic E-state index is 12.6. The van der Waals surface area contributed by atoms with Gasteiger partial charge in [0.2, 0.25) is 0 Å². The van der Waals surface area contributed by atoms with Crippen LogP contribution in [0.1, 0.15) is 150 Å².